The van der Waals surface area contributed by atoms with Gasteiger partial charge in [-0.25, -0.2) is 4.89 Å². The van der Waals surface area contributed by atoms with E-state index in [9.17, 15) is 9.36 Å². The van der Waals surface area contributed by atoms with E-state index in [1.54, 1.807) is 44.2 Å². The quantitative estimate of drug-likeness (QED) is 0.141. The van der Waals surface area contributed by atoms with Gasteiger partial charge in [-0.1, -0.05) is 35.9 Å². The van der Waals surface area contributed by atoms with E-state index in [4.69, 9.17) is 9.63 Å². The molecule has 11 nitrogen and oxygen atoms in total. The van der Waals surface area contributed by atoms with E-state index in [-0.39, 0.29) is 18.5 Å². The van der Waals surface area contributed by atoms with Crippen LogP contribution in [0, 0.1) is 20.8 Å². The number of aliphatic hydroxyl groups excluding tert-OH is 1. The molecule has 174 valence electrons. The number of carbonyl (C=O) groups excluding carboxylic acids is 1. The van der Waals surface area contributed by atoms with Crippen LogP contribution in [0.15, 0.2) is 55.0 Å². The maximum atomic E-state index is 13.8. The summed E-state index contributed by atoms with van der Waals surface area (Å²) >= 11 is 0. The van der Waals surface area contributed by atoms with Gasteiger partial charge in [-0.15, -0.1) is 0 Å². The topological polar surface area (TPSA) is 128 Å². The second kappa shape index (κ2) is 13.1. The van der Waals surface area contributed by atoms with Gasteiger partial charge in [-0.2, -0.15) is 0 Å². The maximum absolute atomic E-state index is 13.8. The smallest absolute Gasteiger partial charge is 0.300 e. The molecule has 0 aliphatic heterocycles. The molecule has 2 aromatic rings. The zero-order valence-corrected chi connectivity index (χ0v) is 18.5. The molecule has 0 aliphatic carbocycles. The summed E-state index contributed by atoms with van der Waals surface area (Å²) in [6.07, 6.45) is 1.26. The monoisotopic (exact) mass is 470 g/mol. The third-order valence-electron chi connectivity index (χ3n) is 4.01. The number of rotatable bonds is 14. The molecule has 0 bridgehead atoms. The van der Waals surface area contributed by atoms with E-state index >= 15 is 0 Å². The molecule has 12 heteroatoms. The fourth-order valence-electron chi connectivity index (χ4n) is 2.89. The molecule has 0 saturated carbocycles. The fraction of sp³-hybridized carbons (Fsp3) is 0.250. The molecule has 0 saturated heterocycles. The third kappa shape index (κ3) is 7.23. The van der Waals surface area contributed by atoms with E-state index in [0.29, 0.717) is 23.0 Å². The molecule has 1 atom stereocenters. The van der Waals surface area contributed by atoms with E-state index < -0.39 is 12.9 Å². The van der Waals surface area contributed by atoms with Crippen LogP contribution >= 0.6 is 7.37 Å². The van der Waals surface area contributed by atoms with Crippen molar-refractivity contribution in [3.05, 3.63) is 77.2 Å². The minimum absolute atomic E-state index is 0.257. The van der Waals surface area contributed by atoms with E-state index in [1.165, 1.54) is 0 Å². The van der Waals surface area contributed by atoms with Crippen molar-refractivity contribution in [3.63, 3.8) is 0 Å². The lowest BCUT2D eigenvalue weighted by molar-refractivity contribution is -0.786. The van der Waals surface area contributed by atoms with Gasteiger partial charge in [0, 0.05) is 26.0 Å². The van der Waals surface area contributed by atoms with Gasteiger partial charge < -0.3 is 14.5 Å². The van der Waals surface area contributed by atoms with Crippen LogP contribution < -0.4 is 5.30 Å². The van der Waals surface area contributed by atoms with Crippen molar-refractivity contribution in [2.45, 2.75) is 20.8 Å². The summed E-state index contributed by atoms with van der Waals surface area (Å²) in [7, 11) is -3.97. The summed E-state index contributed by atoms with van der Waals surface area (Å²) < 4.78 is 19.3. The summed E-state index contributed by atoms with van der Waals surface area (Å²) in [6, 6.07) is 11.9. The van der Waals surface area contributed by atoms with Crippen LogP contribution in [0.25, 0.3) is 0 Å². The van der Waals surface area contributed by atoms with Crippen molar-refractivity contribution >= 4 is 18.2 Å². The summed E-state index contributed by atoms with van der Waals surface area (Å²) in [4.78, 5) is 22.0. The van der Waals surface area contributed by atoms with Crippen molar-refractivity contribution in [1.29, 1.82) is 0 Å². The summed E-state index contributed by atoms with van der Waals surface area (Å²) in [5.74, 6) is 0. The summed E-state index contributed by atoms with van der Waals surface area (Å²) in [6.45, 7) is 4.94. The Kier molecular flexibility index (Phi) is 10.5. The number of aryl methyl sites for hydroxylation is 3. The molecular formula is C20H23O11P. The number of benzene rings is 2. The van der Waals surface area contributed by atoms with Crippen LogP contribution in [0.1, 0.15) is 27.0 Å². The average molecular weight is 470 g/mol. The molecule has 0 heterocycles. The van der Waals surface area contributed by atoms with Gasteiger partial charge in [0.2, 0.25) is 0 Å². The first-order valence-electron chi connectivity index (χ1n) is 9.24. The molecule has 0 aliphatic rings. The molecule has 0 fully saturated rings. The van der Waals surface area contributed by atoms with E-state index in [2.05, 4.69) is 35.0 Å². The number of hydrogen-bond acceptors (Lipinski definition) is 11. The van der Waals surface area contributed by atoms with Gasteiger partial charge in [0.25, 0.3) is 5.52 Å². The van der Waals surface area contributed by atoms with E-state index in [1.807, 2.05) is 19.1 Å². The summed E-state index contributed by atoms with van der Waals surface area (Å²) in [5.41, 5.74) is 2.15. The van der Waals surface area contributed by atoms with Crippen molar-refractivity contribution in [3.8, 4) is 0 Å². The van der Waals surface area contributed by atoms with Crippen molar-refractivity contribution < 1.29 is 54.0 Å². The largest absolute Gasteiger partial charge is 0.512 e. The molecule has 2 rings (SSSR count). The molecule has 0 spiro atoms. The normalized spacial score (nSPS) is 13.2. The highest BCUT2D eigenvalue weighted by atomic mass is 31.2. The molecule has 1 unspecified atom stereocenters. The fourth-order valence-corrected chi connectivity index (χ4v) is 4.93. The molecule has 0 amide bonds. The average Bonchev–Trinajstić information content (AvgIpc) is 2.77. The first-order valence-corrected chi connectivity index (χ1v) is 10.9. The maximum Gasteiger partial charge on any atom is 0.300 e. The Morgan fingerprint density at radius 1 is 0.938 bits per heavy atom. The molecule has 2 aromatic carbocycles. The molecule has 0 radical (unpaired) electrons. The van der Waals surface area contributed by atoms with Crippen molar-refractivity contribution in [1.82, 2.24) is 0 Å². The number of carbonyl (C=O) groups is 1. The Hall–Kier alpha value is -2.60. The van der Waals surface area contributed by atoms with Crippen LogP contribution in [0.4, 0.5) is 0 Å². The Morgan fingerprint density at radius 3 is 2.22 bits per heavy atom. The predicted molar refractivity (Wildman–Crippen MR) is 109 cm³/mol. The van der Waals surface area contributed by atoms with Crippen LogP contribution in [-0.2, 0) is 44.1 Å². The first kappa shape index (κ1) is 25.7. The van der Waals surface area contributed by atoms with Crippen LogP contribution in [0.5, 0.6) is 0 Å². The first-order chi connectivity index (χ1) is 15.4. The highest BCUT2D eigenvalue weighted by Crippen LogP contribution is 2.50. The van der Waals surface area contributed by atoms with Crippen molar-refractivity contribution in [2.75, 3.05) is 13.2 Å². The van der Waals surface area contributed by atoms with Crippen LogP contribution in [0.3, 0.4) is 0 Å². The Labute approximate surface area is 184 Å². The third-order valence-corrected chi connectivity index (χ3v) is 6.29. The Morgan fingerprint density at radius 2 is 1.56 bits per heavy atom. The molecule has 32 heavy (non-hydrogen) atoms. The number of hydrogen-bond donors (Lipinski definition) is 1. The van der Waals surface area contributed by atoms with E-state index in [0.717, 1.165) is 11.8 Å². The lowest BCUT2D eigenvalue weighted by atomic mass is 10.0. The summed E-state index contributed by atoms with van der Waals surface area (Å²) in [5, 5.41) is 28.2. The lowest BCUT2D eigenvalue weighted by Crippen LogP contribution is -2.19. The highest BCUT2D eigenvalue weighted by molar-refractivity contribution is 7.83. The lowest BCUT2D eigenvalue weighted by Gasteiger charge is -2.20. The second-order valence-corrected chi connectivity index (χ2v) is 8.63. The van der Waals surface area contributed by atoms with Gasteiger partial charge in [0.1, 0.15) is 12.9 Å². The SMILES string of the molecule is Cc1cc(C)c(C(=O)P(=O)(OCCOOOOOOOC=CO)c2ccccc2)c(C)c1. The van der Waals surface area contributed by atoms with Gasteiger partial charge in [0.05, 0.1) is 6.61 Å². The number of aliphatic hydroxyl groups is 1. The predicted octanol–water partition coefficient (Wildman–Crippen LogP) is 4.01. The Balaban J connectivity index is 1.97. The van der Waals surface area contributed by atoms with Gasteiger partial charge in [-0.05, 0) is 54.1 Å². The second-order valence-electron chi connectivity index (χ2n) is 6.34. The van der Waals surface area contributed by atoms with Gasteiger partial charge >= 0.3 is 7.37 Å². The zero-order chi connectivity index (χ0) is 23.4. The zero-order valence-electron chi connectivity index (χ0n) is 17.6. The minimum atomic E-state index is -3.97. The Bertz CT molecular complexity index is 923. The standard InChI is InChI=1S/C20H23O11P/c1-15-13-16(2)19(17(3)14-15)20(22)32(23,18-7-5-4-6-8-18)26-12-11-25-28-30-31-29-27-24-10-9-21/h4-10,13-14,21H,11-12H2,1-3H3. The van der Waals surface area contributed by atoms with Crippen LogP contribution in [0.2, 0.25) is 0 Å². The minimum Gasteiger partial charge on any atom is -0.512 e. The highest BCUT2D eigenvalue weighted by Gasteiger charge is 2.37. The van der Waals surface area contributed by atoms with Crippen LogP contribution in [-0.4, -0.2) is 23.8 Å². The molecule has 0 aromatic heterocycles. The van der Waals surface area contributed by atoms with Crippen molar-refractivity contribution in [2.24, 2.45) is 0 Å². The molecular weight excluding hydrogens is 447 g/mol. The van der Waals surface area contributed by atoms with Gasteiger partial charge in [-0.3, -0.25) is 9.36 Å². The van der Waals surface area contributed by atoms with Gasteiger partial charge in [0.15, 0.2) is 6.26 Å². The molecule has 1 N–H and O–H groups in total.